The Morgan fingerprint density at radius 2 is 1.97 bits per heavy atom. The van der Waals surface area contributed by atoms with E-state index in [4.69, 9.17) is 26.1 Å². The Morgan fingerprint density at radius 1 is 1.19 bits per heavy atom. The number of nitrogens with zero attached hydrogens (tertiary/aromatic N) is 4. The largest absolute Gasteiger partial charge is 0.497 e. The van der Waals surface area contributed by atoms with Crippen molar-refractivity contribution in [2.45, 2.75) is 6.42 Å². The summed E-state index contributed by atoms with van der Waals surface area (Å²) in [5.41, 5.74) is 2.10. The number of amides is 1. The minimum Gasteiger partial charge on any atom is -0.497 e. The van der Waals surface area contributed by atoms with E-state index in [-0.39, 0.29) is 5.91 Å². The molecule has 3 heterocycles. The first kappa shape index (κ1) is 22.7. The van der Waals surface area contributed by atoms with Gasteiger partial charge in [0.1, 0.15) is 16.6 Å². The first-order chi connectivity index (χ1) is 15.6. The highest BCUT2D eigenvalue weighted by Crippen LogP contribution is 2.29. The quantitative estimate of drug-likeness (QED) is 0.457. The van der Waals surface area contributed by atoms with Gasteiger partial charge in [0.15, 0.2) is 5.13 Å². The predicted molar refractivity (Wildman–Crippen MR) is 127 cm³/mol. The van der Waals surface area contributed by atoms with Crippen LogP contribution >= 0.6 is 22.9 Å². The van der Waals surface area contributed by atoms with Crippen LogP contribution in [0.1, 0.15) is 16.9 Å². The molecule has 2 aromatic heterocycles. The fraction of sp³-hybridized carbons (Fsp3) is 0.348. The summed E-state index contributed by atoms with van der Waals surface area (Å²) in [5.74, 6) is 0.584. The van der Waals surface area contributed by atoms with Crippen LogP contribution < -0.4 is 9.64 Å². The highest BCUT2D eigenvalue weighted by atomic mass is 35.5. The Labute approximate surface area is 196 Å². The van der Waals surface area contributed by atoms with Crippen LogP contribution in [0.4, 0.5) is 5.13 Å². The molecule has 1 fully saturated rings. The number of rotatable bonds is 8. The van der Waals surface area contributed by atoms with Crippen molar-refractivity contribution in [3.8, 4) is 17.0 Å². The number of thiazole rings is 1. The zero-order valence-corrected chi connectivity index (χ0v) is 19.4. The second kappa shape index (κ2) is 10.9. The minimum absolute atomic E-state index is 0.204. The highest BCUT2D eigenvalue weighted by Gasteiger charge is 2.23. The molecule has 4 rings (SSSR count). The first-order valence-corrected chi connectivity index (χ1v) is 11.7. The summed E-state index contributed by atoms with van der Waals surface area (Å²) in [7, 11) is 1.64. The summed E-state index contributed by atoms with van der Waals surface area (Å²) in [6.07, 6.45) is 0.823. The van der Waals surface area contributed by atoms with Crippen molar-refractivity contribution in [1.29, 1.82) is 0 Å². The fourth-order valence-electron chi connectivity index (χ4n) is 3.51. The van der Waals surface area contributed by atoms with Crippen LogP contribution in [0.15, 0.2) is 47.8 Å². The van der Waals surface area contributed by atoms with Gasteiger partial charge in [-0.05, 0) is 42.8 Å². The maximum Gasteiger partial charge on any atom is 0.278 e. The second-order valence-electron chi connectivity index (χ2n) is 7.35. The van der Waals surface area contributed by atoms with Gasteiger partial charge in [-0.3, -0.25) is 14.6 Å². The summed E-state index contributed by atoms with van der Waals surface area (Å²) in [5, 5.41) is 2.90. The Kier molecular flexibility index (Phi) is 7.70. The normalized spacial score (nSPS) is 14.3. The average molecular weight is 473 g/mol. The van der Waals surface area contributed by atoms with Crippen LogP contribution in [0, 0.1) is 0 Å². The molecule has 1 aliphatic rings. The van der Waals surface area contributed by atoms with E-state index >= 15 is 0 Å². The monoisotopic (exact) mass is 472 g/mol. The third-order valence-corrected chi connectivity index (χ3v) is 6.32. The van der Waals surface area contributed by atoms with Gasteiger partial charge in [0, 0.05) is 37.1 Å². The van der Waals surface area contributed by atoms with E-state index in [1.807, 2.05) is 29.6 Å². The molecule has 1 saturated heterocycles. The molecule has 0 radical (unpaired) electrons. The van der Waals surface area contributed by atoms with Crippen molar-refractivity contribution < 1.29 is 14.3 Å². The Hall–Kier alpha value is -2.52. The number of halogens is 1. The lowest BCUT2D eigenvalue weighted by Crippen LogP contribution is -2.39. The summed E-state index contributed by atoms with van der Waals surface area (Å²) in [6, 6.07) is 12.8. The molecule has 1 amide bonds. The second-order valence-corrected chi connectivity index (χ2v) is 8.58. The van der Waals surface area contributed by atoms with Crippen molar-refractivity contribution in [2.75, 3.05) is 51.4 Å². The molecule has 168 valence electrons. The molecule has 1 aliphatic heterocycles. The van der Waals surface area contributed by atoms with Crippen molar-refractivity contribution in [2.24, 2.45) is 0 Å². The fourth-order valence-corrected chi connectivity index (χ4v) is 4.53. The van der Waals surface area contributed by atoms with Crippen LogP contribution in [-0.2, 0) is 4.74 Å². The summed E-state index contributed by atoms with van der Waals surface area (Å²) in [4.78, 5) is 26.4. The number of pyridine rings is 1. The summed E-state index contributed by atoms with van der Waals surface area (Å²) >= 11 is 7.47. The number of ether oxygens (including phenoxy) is 2. The van der Waals surface area contributed by atoms with Crippen LogP contribution in [0.2, 0.25) is 5.15 Å². The van der Waals surface area contributed by atoms with E-state index in [1.54, 1.807) is 30.2 Å². The number of methoxy groups -OCH3 is 1. The molecule has 7 nitrogen and oxygen atoms in total. The number of carbonyl (C=O) groups is 1. The van der Waals surface area contributed by atoms with E-state index in [0.29, 0.717) is 22.5 Å². The van der Waals surface area contributed by atoms with E-state index in [1.165, 1.54) is 11.3 Å². The van der Waals surface area contributed by atoms with Crippen LogP contribution in [0.25, 0.3) is 11.3 Å². The number of morpholine rings is 1. The van der Waals surface area contributed by atoms with Gasteiger partial charge >= 0.3 is 0 Å². The SMILES string of the molecule is COc1ccc(-c2csc(N(CCCN3CCOCC3)C(=O)c3cccc(Cl)n3)n2)cc1. The molecule has 0 spiro atoms. The molecule has 0 N–H and O–H groups in total. The third kappa shape index (κ3) is 5.63. The number of hydrogen-bond acceptors (Lipinski definition) is 7. The van der Waals surface area contributed by atoms with Gasteiger partial charge in [0.25, 0.3) is 5.91 Å². The maximum atomic E-state index is 13.3. The lowest BCUT2D eigenvalue weighted by atomic mass is 10.2. The lowest BCUT2D eigenvalue weighted by molar-refractivity contribution is 0.0376. The predicted octanol–water partition coefficient (Wildman–Crippen LogP) is 4.24. The van der Waals surface area contributed by atoms with E-state index < -0.39 is 0 Å². The van der Waals surface area contributed by atoms with Gasteiger partial charge in [-0.15, -0.1) is 11.3 Å². The molecular formula is C23H25ClN4O3S. The zero-order valence-electron chi connectivity index (χ0n) is 17.9. The minimum atomic E-state index is -0.204. The molecule has 0 bridgehead atoms. The smallest absolute Gasteiger partial charge is 0.278 e. The third-order valence-electron chi connectivity index (χ3n) is 5.25. The number of hydrogen-bond donors (Lipinski definition) is 0. The molecule has 32 heavy (non-hydrogen) atoms. The van der Waals surface area contributed by atoms with Crippen LogP contribution in [0.5, 0.6) is 5.75 Å². The Bertz CT molecular complexity index is 1040. The Balaban J connectivity index is 1.53. The van der Waals surface area contributed by atoms with Gasteiger partial charge < -0.3 is 9.47 Å². The van der Waals surface area contributed by atoms with Gasteiger partial charge in [0.2, 0.25) is 0 Å². The van der Waals surface area contributed by atoms with Gasteiger partial charge in [-0.2, -0.15) is 0 Å². The maximum absolute atomic E-state index is 13.3. The Morgan fingerprint density at radius 3 is 2.69 bits per heavy atom. The van der Waals surface area contributed by atoms with E-state index in [2.05, 4.69) is 9.88 Å². The standard InChI is InChI=1S/C23H25ClN4O3S/c1-30-18-8-6-17(7-9-18)20-16-32-23(26-20)28(11-3-10-27-12-14-31-15-13-27)22(29)19-4-2-5-21(24)25-19/h2,4-9,16H,3,10-15H2,1H3. The summed E-state index contributed by atoms with van der Waals surface area (Å²) < 4.78 is 10.7. The van der Waals surface area contributed by atoms with Crippen LogP contribution in [0.3, 0.4) is 0 Å². The van der Waals surface area contributed by atoms with Gasteiger partial charge in [0.05, 0.1) is 26.0 Å². The molecule has 3 aromatic rings. The van der Waals surface area contributed by atoms with Crippen molar-refractivity contribution in [3.05, 3.63) is 58.7 Å². The van der Waals surface area contributed by atoms with Crippen LogP contribution in [-0.4, -0.2) is 67.3 Å². The summed E-state index contributed by atoms with van der Waals surface area (Å²) in [6.45, 7) is 4.79. The lowest BCUT2D eigenvalue weighted by Gasteiger charge is -2.27. The topological polar surface area (TPSA) is 67.8 Å². The molecule has 0 unspecified atom stereocenters. The number of carbonyl (C=O) groups excluding carboxylic acids is 1. The van der Waals surface area contributed by atoms with Gasteiger partial charge in [-0.1, -0.05) is 17.7 Å². The molecule has 9 heteroatoms. The molecule has 0 aliphatic carbocycles. The van der Waals surface area contributed by atoms with Crippen molar-refractivity contribution in [1.82, 2.24) is 14.9 Å². The molecule has 0 atom stereocenters. The first-order valence-electron chi connectivity index (χ1n) is 10.5. The highest BCUT2D eigenvalue weighted by molar-refractivity contribution is 7.14. The van der Waals surface area contributed by atoms with Gasteiger partial charge in [-0.25, -0.2) is 9.97 Å². The number of benzene rings is 1. The number of aromatic nitrogens is 2. The van der Waals surface area contributed by atoms with E-state index in [9.17, 15) is 4.79 Å². The average Bonchev–Trinajstić information content (AvgIpc) is 3.32. The molecule has 1 aromatic carbocycles. The van der Waals surface area contributed by atoms with Crippen molar-refractivity contribution >= 4 is 34.0 Å². The van der Waals surface area contributed by atoms with E-state index in [0.717, 1.165) is 56.3 Å². The molecule has 0 saturated carbocycles. The van der Waals surface area contributed by atoms with Crippen molar-refractivity contribution in [3.63, 3.8) is 0 Å². The molecular weight excluding hydrogens is 448 g/mol. The zero-order chi connectivity index (χ0) is 22.3. The number of anilines is 1.